The van der Waals surface area contributed by atoms with E-state index < -0.39 is 11.6 Å². The molecule has 1 saturated heterocycles. The Balaban J connectivity index is 2.38. The van der Waals surface area contributed by atoms with E-state index in [1.54, 1.807) is 0 Å². The molecule has 2 atom stereocenters. The molecule has 2 rings (SSSR count). The minimum absolute atomic E-state index is 0.155. The van der Waals surface area contributed by atoms with Crippen molar-refractivity contribution in [2.75, 3.05) is 26.7 Å². The van der Waals surface area contributed by atoms with Gasteiger partial charge in [-0.2, -0.15) is 0 Å². The summed E-state index contributed by atoms with van der Waals surface area (Å²) in [6.45, 7) is 4.71. The lowest BCUT2D eigenvalue weighted by atomic mass is 9.84. The van der Waals surface area contributed by atoms with E-state index >= 15 is 0 Å². The lowest BCUT2D eigenvalue weighted by Crippen LogP contribution is -2.43. The van der Waals surface area contributed by atoms with Gasteiger partial charge in [-0.05, 0) is 64.0 Å². The summed E-state index contributed by atoms with van der Waals surface area (Å²) in [5.74, 6) is -0.579. The monoisotopic (exact) mass is 282 g/mol. The van der Waals surface area contributed by atoms with Crippen LogP contribution in [0.3, 0.4) is 0 Å². The Kier molecular flexibility index (Phi) is 5.49. The number of likely N-dealkylation sites (tertiary alicyclic amines) is 1. The van der Waals surface area contributed by atoms with Gasteiger partial charge >= 0.3 is 0 Å². The second kappa shape index (κ2) is 7.14. The second-order valence-electron chi connectivity index (χ2n) is 5.58. The third-order valence-electron chi connectivity index (χ3n) is 4.13. The van der Waals surface area contributed by atoms with Gasteiger partial charge < -0.3 is 5.32 Å². The molecule has 0 aromatic heterocycles. The molecule has 2 unspecified atom stereocenters. The Hall–Kier alpha value is -1.00. The minimum Gasteiger partial charge on any atom is -0.319 e. The molecule has 112 valence electrons. The van der Waals surface area contributed by atoms with Crippen LogP contribution in [-0.4, -0.2) is 31.6 Å². The molecule has 0 saturated carbocycles. The van der Waals surface area contributed by atoms with Crippen molar-refractivity contribution in [3.63, 3.8) is 0 Å². The molecule has 20 heavy (non-hydrogen) atoms. The van der Waals surface area contributed by atoms with E-state index in [9.17, 15) is 8.78 Å². The first kappa shape index (κ1) is 15.4. The Bertz CT molecular complexity index is 398. The van der Waals surface area contributed by atoms with Crippen LogP contribution in [-0.2, 0) is 0 Å². The van der Waals surface area contributed by atoms with Gasteiger partial charge in [-0.15, -0.1) is 0 Å². The molecule has 4 heteroatoms. The molecule has 0 bridgehead atoms. The predicted molar refractivity (Wildman–Crippen MR) is 77.6 cm³/mol. The zero-order valence-electron chi connectivity index (χ0n) is 12.3. The fourth-order valence-corrected chi connectivity index (χ4v) is 3.38. The van der Waals surface area contributed by atoms with Crippen molar-refractivity contribution in [2.45, 2.75) is 32.2 Å². The van der Waals surface area contributed by atoms with Gasteiger partial charge in [-0.3, -0.25) is 4.90 Å². The summed E-state index contributed by atoms with van der Waals surface area (Å²) in [6.07, 6.45) is 3.11. The van der Waals surface area contributed by atoms with Crippen molar-refractivity contribution in [1.82, 2.24) is 10.2 Å². The van der Waals surface area contributed by atoms with Gasteiger partial charge in [-0.1, -0.05) is 13.0 Å². The summed E-state index contributed by atoms with van der Waals surface area (Å²) in [5.41, 5.74) is 0.251. The maximum atomic E-state index is 14.2. The van der Waals surface area contributed by atoms with E-state index in [-0.39, 0.29) is 17.5 Å². The van der Waals surface area contributed by atoms with Gasteiger partial charge in [0.2, 0.25) is 0 Å². The number of halogens is 2. The molecule has 1 aromatic rings. The molecule has 0 spiro atoms. The molecular weight excluding hydrogens is 258 g/mol. The topological polar surface area (TPSA) is 15.3 Å². The van der Waals surface area contributed by atoms with Gasteiger partial charge in [0.05, 0.1) is 0 Å². The largest absolute Gasteiger partial charge is 0.319 e. The molecule has 1 heterocycles. The van der Waals surface area contributed by atoms with Gasteiger partial charge in [0.25, 0.3) is 0 Å². The smallest absolute Gasteiger partial charge is 0.130 e. The Labute approximate surface area is 120 Å². The van der Waals surface area contributed by atoms with Crippen LogP contribution in [0.25, 0.3) is 0 Å². The molecule has 1 aromatic carbocycles. The highest BCUT2D eigenvalue weighted by Crippen LogP contribution is 2.38. The van der Waals surface area contributed by atoms with Crippen LogP contribution in [0.1, 0.15) is 37.8 Å². The zero-order chi connectivity index (χ0) is 14.5. The maximum Gasteiger partial charge on any atom is 0.130 e. The summed E-state index contributed by atoms with van der Waals surface area (Å²) in [4.78, 5) is 2.24. The van der Waals surface area contributed by atoms with Crippen molar-refractivity contribution < 1.29 is 8.78 Å². The van der Waals surface area contributed by atoms with E-state index in [4.69, 9.17) is 0 Å². The second-order valence-corrected chi connectivity index (χ2v) is 5.58. The van der Waals surface area contributed by atoms with Crippen LogP contribution in [0.5, 0.6) is 0 Å². The Morgan fingerprint density at radius 2 is 2.00 bits per heavy atom. The molecule has 1 fully saturated rings. The van der Waals surface area contributed by atoms with E-state index in [2.05, 4.69) is 17.1 Å². The number of rotatable bonds is 5. The van der Waals surface area contributed by atoms with Gasteiger partial charge in [0, 0.05) is 11.6 Å². The van der Waals surface area contributed by atoms with Crippen LogP contribution in [0.2, 0.25) is 0 Å². The van der Waals surface area contributed by atoms with E-state index in [0.717, 1.165) is 38.9 Å². The molecule has 2 nitrogen and oxygen atoms in total. The van der Waals surface area contributed by atoms with Crippen LogP contribution in [0.15, 0.2) is 18.2 Å². The maximum absolute atomic E-state index is 14.2. The lowest BCUT2D eigenvalue weighted by Gasteiger charge is -2.42. The molecular formula is C16H24F2N2. The molecule has 0 radical (unpaired) electrons. The highest BCUT2D eigenvalue weighted by molar-refractivity contribution is 5.25. The normalized spacial score (nSPS) is 24.0. The highest BCUT2D eigenvalue weighted by atomic mass is 19.1. The number of hydrogen-bond donors (Lipinski definition) is 1. The van der Waals surface area contributed by atoms with Crippen LogP contribution >= 0.6 is 0 Å². The standard InChI is InChI=1S/C16H24F2N2/c1-3-9-20-10-5-6-12(11-19-2)16(20)15-13(17)7-4-8-14(15)18/h4,7-8,12,16,19H,3,5-6,9-11H2,1-2H3. The van der Waals surface area contributed by atoms with Crippen molar-refractivity contribution >= 4 is 0 Å². The average Bonchev–Trinajstić information content (AvgIpc) is 2.42. The third kappa shape index (κ3) is 3.18. The first-order valence-electron chi connectivity index (χ1n) is 7.51. The van der Waals surface area contributed by atoms with Crippen molar-refractivity contribution in [2.24, 2.45) is 5.92 Å². The Morgan fingerprint density at radius 3 is 2.60 bits per heavy atom. The van der Waals surface area contributed by atoms with Crippen molar-refractivity contribution in [3.05, 3.63) is 35.4 Å². The summed E-state index contributed by atoms with van der Waals surface area (Å²) in [5, 5.41) is 3.17. The molecule has 1 aliphatic heterocycles. The molecule has 0 amide bonds. The quantitative estimate of drug-likeness (QED) is 0.891. The molecule has 1 N–H and O–H groups in total. The fourth-order valence-electron chi connectivity index (χ4n) is 3.38. The number of nitrogens with one attached hydrogen (secondary N) is 1. The van der Waals surface area contributed by atoms with Crippen molar-refractivity contribution in [3.8, 4) is 0 Å². The fraction of sp³-hybridized carbons (Fsp3) is 0.625. The third-order valence-corrected chi connectivity index (χ3v) is 4.13. The average molecular weight is 282 g/mol. The van der Waals surface area contributed by atoms with E-state index in [1.807, 2.05) is 7.05 Å². The summed E-state index contributed by atoms with van der Waals surface area (Å²) in [7, 11) is 1.90. The number of nitrogens with zero attached hydrogens (tertiary/aromatic N) is 1. The molecule has 1 aliphatic rings. The summed E-state index contributed by atoms with van der Waals surface area (Å²) < 4.78 is 28.4. The van der Waals surface area contributed by atoms with E-state index in [0.29, 0.717) is 0 Å². The number of piperidine rings is 1. The van der Waals surface area contributed by atoms with Gasteiger partial charge in [-0.25, -0.2) is 8.78 Å². The Morgan fingerprint density at radius 1 is 1.30 bits per heavy atom. The zero-order valence-corrected chi connectivity index (χ0v) is 12.3. The first-order valence-corrected chi connectivity index (χ1v) is 7.51. The van der Waals surface area contributed by atoms with Crippen LogP contribution in [0.4, 0.5) is 8.78 Å². The number of benzene rings is 1. The predicted octanol–water partition coefficient (Wildman–Crippen LogP) is 3.35. The number of hydrogen-bond acceptors (Lipinski definition) is 2. The lowest BCUT2D eigenvalue weighted by molar-refractivity contribution is 0.0869. The SMILES string of the molecule is CCCN1CCCC(CNC)C1c1c(F)cccc1F. The van der Waals surface area contributed by atoms with Gasteiger partial charge in [0.1, 0.15) is 11.6 Å². The first-order chi connectivity index (χ1) is 9.69. The highest BCUT2D eigenvalue weighted by Gasteiger charge is 2.35. The summed E-state index contributed by atoms with van der Waals surface area (Å²) in [6, 6.07) is 4.02. The molecule has 0 aliphatic carbocycles. The van der Waals surface area contributed by atoms with E-state index in [1.165, 1.54) is 18.2 Å². The minimum atomic E-state index is -0.417. The van der Waals surface area contributed by atoms with Crippen LogP contribution < -0.4 is 5.32 Å². The van der Waals surface area contributed by atoms with Crippen LogP contribution in [0, 0.1) is 17.6 Å². The summed E-state index contributed by atoms with van der Waals surface area (Å²) >= 11 is 0. The van der Waals surface area contributed by atoms with Crippen molar-refractivity contribution in [1.29, 1.82) is 0 Å². The van der Waals surface area contributed by atoms with Gasteiger partial charge in [0.15, 0.2) is 0 Å².